The predicted molar refractivity (Wildman–Crippen MR) is 106 cm³/mol. The zero-order chi connectivity index (χ0) is 22.4. The van der Waals surface area contributed by atoms with E-state index in [1.807, 2.05) is 0 Å². The Morgan fingerprint density at radius 1 is 1.38 bits per heavy atom. The van der Waals surface area contributed by atoms with Gasteiger partial charge in [-0.3, -0.25) is 4.79 Å². The average molecular weight is 447 g/mol. The lowest BCUT2D eigenvalue weighted by Crippen LogP contribution is -2.43. The molecule has 1 atom stereocenters. The number of hydrogen-bond acceptors (Lipinski definition) is 6. The number of fused-ring (bicyclic) bond motifs is 1. The van der Waals surface area contributed by atoms with Crippen LogP contribution in [0.3, 0.4) is 0 Å². The number of anilines is 1. The lowest BCUT2D eigenvalue weighted by atomic mass is 10.0. The van der Waals surface area contributed by atoms with Crippen molar-refractivity contribution in [1.29, 1.82) is 0 Å². The molecule has 1 aliphatic carbocycles. The summed E-state index contributed by atoms with van der Waals surface area (Å²) in [6, 6.07) is 2.80. The molecule has 1 aliphatic heterocycles. The molecule has 0 spiro atoms. The molecule has 0 saturated heterocycles. The quantitative estimate of drug-likeness (QED) is 0.495. The number of alkyl halides is 2. The van der Waals surface area contributed by atoms with Gasteiger partial charge in [0.2, 0.25) is 5.76 Å². The molecule has 0 radical (unpaired) electrons. The lowest BCUT2D eigenvalue weighted by molar-refractivity contribution is 0.0617. The molecular formula is C21H20F3N5O3. The number of aromatic amines is 1. The standard InChI is InChI=1S/C21H20F3N5O3/c22-11-3-4-15(30)13(7-11)25-8-14-16-12(26-9-27-16)5-6-29(14)21(31)18-17(19(23)24)28-20(32-18)10-1-2-10/h3-4,7,9-10,14,19,25,30H,1-2,5-6,8H2,(H,26,27). The zero-order valence-corrected chi connectivity index (χ0v) is 16.8. The highest BCUT2D eigenvalue weighted by molar-refractivity contribution is 5.93. The largest absolute Gasteiger partial charge is 0.506 e. The minimum absolute atomic E-state index is 0.0261. The first-order chi connectivity index (χ1) is 15.4. The van der Waals surface area contributed by atoms with Crippen molar-refractivity contribution in [2.75, 3.05) is 18.4 Å². The second-order valence-corrected chi connectivity index (χ2v) is 7.91. The van der Waals surface area contributed by atoms with Gasteiger partial charge in [0.25, 0.3) is 12.3 Å². The number of benzene rings is 1. The molecule has 3 heterocycles. The maximum atomic E-state index is 13.6. The van der Waals surface area contributed by atoms with E-state index in [2.05, 4.69) is 20.3 Å². The second kappa shape index (κ2) is 7.88. The van der Waals surface area contributed by atoms with Crippen molar-refractivity contribution in [2.24, 2.45) is 0 Å². The van der Waals surface area contributed by atoms with Gasteiger partial charge in [-0.25, -0.2) is 23.1 Å². The van der Waals surface area contributed by atoms with Crippen molar-refractivity contribution in [3.63, 3.8) is 0 Å². The number of H-pyrrole nitrogens is 1. The minimum atomic E-state index is -2.95. The maximum Gasteiger partial charge on any atom is 0.292 e. The molecule has 1 unspecified atom stereocenters. The smallest absolute Gasteiger partial charge is 0.292 e. The van der Waals surface area contributed by atoms with Crippen LogP contribution >= 0.6 is 0 Å². The summed E-state index contributed by atoms with van der Waals surface area (Å²) in [5, 5.41) is 12.9. The molecule has 168 valence electrons. The normalized spacial score (nSPS) is 18.1. The number of nitrogens with one attached hydrogen (secondary N) is 2. The molecule has 11 heteroatoms. The number of phenolic OH excluding ortho intramolecular Hbond substituents is 1. The SMILES string of the molecule is O=C(c1oc(C2CC2)nc1C(F)F)N1CCc2[nH]cnc2C1CNc1cc(F)ccc1O. The number of imidazole rings is 1. The van der Waals surface area contributed by atoms with Crippen LogP contribution in [0.2, 0.25) is 0 Å². The summed E-state index contributed by atoms with van der Waals surface area (Å²) in [7, 11) is 0. The van der Waals surface area contributed by atoms with Crippen LogP contribution < -0.4 is 5.32 Å². The monoisotopic (exact) mass is 447 g/mol. The van der Waals surface area contributed by atoms with Crippen molar-refractivity contribution in [2.45, 2.75) is 37.6 Å². The van der Waals surface area contributed by atoms with E-state index < -0.39 is 35.6 Å². The van der Waals surface area contributed by atoms with Gasteiger partial charge in [-0.15, -0.1) is 0 Å². The van der Waals surface area contributed by atoms with Gasteiger partial charge in [-0.2, -0.15) is 0 Å². The van der Waals surface area contributed by atoms with Gasteiger partial charge in [0, 0.05) is 37.2 Å². The predicted octanol–water partition coefficient (Wildman–Crippen LogP) is 3.91. The lowest BCUT2D eigenvalue weighted by Gasteiger charge is -2.34. The third kappa shape index (κ3) is 3.67. The number of carbonyl (C=O) groups excluding carboxylic acids is 1. The van der Waals surface area contributed by atoms with Crippen LogP contribution in [0.1, 0.15) is 64.8 Å². The minimum Gasteiger partial charge on any atom is -0.506 e. The topological polar surface area (TPSA) is 107 Å². The summed E-state index contributed by atoms with van der Waals surface area (Å²) in [5.74, 6) is -1.73. The van der Waals surface area contributed by atoms with Crippen LogP contribution in [0.15, 0.2) is 28.9 Å². The Morgan fingerprint density at radius 2 is 2.19 bits per heavy atom. The van der Waals surface area contributed by atoms with E-state index in [1.54, 1.807) is 0 Å². The number of aromatic nitrogens is 3. The Hall–Kier alpha value is -3.50. The number of halogens is 3. The average Bonchev–Trinajstić information content (AvgIpc) is 3.33. The van der Waals surface area contributed by atoms with Gasteiger partial charge in [0.05, 0.1) is 23.8 Å². The summed E-state index contributed by atoms with van der Waals surface area (Å²) in [6.45, 7) is 0.298. The highest BCUT2D eigenvalue weighted by Crippen LogP contribution is 2.42. The molecule has 32 heavy (non-hydrogen) atoms. The van der Waals surface area contributed by atoms with Crippen LogP contribution in [0.4, 0.5) is 18.9 Å². The van der Waals surface area contributed by atoms with Crippen LogP contribution in [-0.4, -0.2) is 44.0 Å². The van der Waals surface area contributed by atoms with Crippen molar-refractivity contribution in [3.8, 4) is 5.75 Å². The first-order valence-electron chi connectivity index (χ1n) is 10.3. The van der Waals surface area contributed by atoms with Gasteiger partial charge < -0.3 is 24.7 Å². The number of hydrogen-bond donors (Lipinski definition) is 3. The Labute approximate surface area is 180 Å². The van der Waals surface area contributed by atoms with Crippen LogP contribution in [0, 0.1) is 5.82 Å². The van der Waals surface area contributed by atoms with Crippen molar-refractivity contribution >= 4 is 11.6 Å². The van der Waals surface area contributed by atoms with Crippen LogP contribution in [0.5, 0.6) is 5.75 Å². The number of phenols is 1. The number of aromatic hydroxyl groups is 1. The molecule has 1 aromatic carbocycles. The van der Waals surface area contributed by atoms with Gasteiger partial charge in [-0.05, 0) is 25.0 Å². The van der Waals surface area contributed by atoms with Crippen LogP contribution in [0.25, 0.3) is 0 Å². The van der Waals surface area contributed by atoms with E-state index >= 15 is 0 Å². The Morgan fingerprint density at radius 3 is 2.94 bits per heavy atom. The summed E-state index contributed by atoms with van der Waals surface area (Å²) in [6.07, 6.45) is 0.588. The Bertz CT molecular complexity index is 1160. The number of nitrogens with zero attached hydrogens (tertiary/aromatic N) is 3. The molecule has 0 bridgehead atoms. The molecule has 3 aromatic rings. The summed E-state index contributed by atoms with van der Waals surface area (Å²) >= 11 is 0. The van der Waals surface area contributed by atoms with E-state index in [1.165, 1.54) is 17.3 Å². The van der Waals surface area contributed by atoms with E-state index in [9.17, 15) is 23.1 Å². The highest BCUT2D eigenvalue weighted by Gasteiger charge is 2.39. The van der Waals surface area contributed by atoms with Crippen molar-refractivity contribution in [1.82, 2.24) is 19.9 Å². The fourth-order valence-corrected chi connectivity index (χ4v) is 3.95. The zero-order valence-electron chi connectivity index (χ0n) is 16.8. The Kier molecular flexibility index (Phi) is 5.03. The Balaban J connectivity index is 1.45. The number of oxazole rings is 1. The molecule has 1 amide bonds. The molecule has 3 N–H and O–H groups in total. The molecule has 2 aromatic heterocycles. The van der Waals surface area contributed by atoms with Gasteiger partial charge in [0.1, 0.15) is 11.6 Å². The molecule has 8 nitrogen and oxygen atoms in total. The number of amides is 1. The maximum absolute atomic E-state index is 13.6. The molecule has 1 fully saturated rings. The van der Waals surface area contributed by atoms with Crippen molar-refractivity contribution in [3.05, 3.63) is 59.1 Å². The van der Waals surface area contributed by atoms with Crippen LogP contribution in [-0.2, 0) is 6.42 Å². The van der Waals surface area contributed by atoms with Gasteiger partial charge in [0.15, 0.2) is 11.6 Å². The molecule has 1 saturated carbocycles. The molecule has 2 aliphatic rings. The summed E-state index contributed by atoms with van der Waals surface area (Å²) in [5.41, 5.74) is 0.867. The second-order valence-electron chi connectivity index (χ2n) is 7.91. The van der Waals surface area contributed by atoms with E-state index in [0.717, 1.165) is 30.7 Å². The molecular weight excluding hydrogens is 427 g/mol. The first-order valence-corrected chi connectivity index (χ1v) is 10.3. The van der Waals surface area contributed by atoms with Gasteiger partial charge in [-0.1, -0.05) is 0 Å². The fraction of sp³-hybridized carbons (Fsp3) is 0.381. The highest BCUT2D eigenvalue weighted by atomic mass is 19.3. The first kappa shape index (κ1) is 20.4. The summed E-state index contributed by atoms with van der Waals surface area (Å²) < 4.78 is 46.3. The van der Waals surface area contributed by atoms with Crippen molar-refractivity contribution < 1.29 is 27.5 Å². The van der Waals surface area contributed by atoms with E-state index in [0.29, 0.717) is 12.1 Å². The third-order valence-corrected chi connectivity index (χ3v) is 5.75. The fourth-order valence-electron chi connectivity index (χ4n) is 3.95. The number of carbonyl (C=O) groups is 1. The van der Waals surface area contributed by atoms with E-state index in [4.69, 9.17) is 4.42 Å². The number of rotatable bonds is 6. The summed E-state index contributed by atoms with van der Waals surface area (Å²) in [4.78, 5) is 25.9. The van der Waals surface area contributed by atoms with Gasteiger partial charge >= 0.3 is 0 Å². The third-order valence-electron chi connectivity index (χ3n) is 5.75. The van der Waals surface area contributed by atoms with E-state index in [-0.39, 0.29) is 36.3 Å². The molecule has 5 rings (SSSR count).